The predicted molar refractivity (Wildman–Crippen MR) is 117 cm³/mol. The molecule has 0 bridgehead atoms. The van der Waals surface area contributed by atoms with Crippen LogP contribution in [0.25, 0.3) is 0 Å². The molecule has 6 nitrogen and oxygen atoms in total. The van der Waals surface area contributed by atoms with Gasteiger partial charge in [0.15, 0.2) is 0 Å². The average Bonchev–Trinajstić information content (AvgIpc) is 3.21. The van der Waals surface area contributed by atoms with Crippen molar-refractivity contribution in [2.24, 2.45) is 5.16 Å². The number of hydrogen-bond acceptors (Lipinski definition) is 6. The zero-order chi connectivity index (χ0) is 23.1. The molecule has 0 fully saturated rings. The summed E-state index contributed by atoms with van der Waals surface area (Å²) in [6.07, 6.45) is -3.51. The van der Waals surface area contributed by atoms with Crippen molar-refractivity contribution in [3.05, 3.63) is 76.6 Å². The molecule has 168 valence electrons. The van der Waals surface area contributed by atoms with Gasteiger partial charge in [0, 0.05) is 18.0 Å². The van der Waals surface area contributed by atoms with Crippen LogP contribution in [0.3, 0.4) is 0 Å². The third-order valence-electron chi connectivity index (χ3n) is 4.45. The van der Waals surface area contributed by atoms with E-state index in [1.165, 1.54) is 12.1 Å². The van der Waals surface area contributed by atoms with Crippen LogP contribution in [-0.4, -0.2) is 21.0 Å². The smallest absolute Gasteiger partial charge is 0.391 e. The van der Waals surface area contributed by atoms with Gasteiger partial charge in [-0.1, -0.05) is 42.4 Å². The SMILES string of the molecule is CCc1nsc(NC(=O)Cc2cccc(C(C)=NOCc3ccc(C(F)(F)F)cc3)c2)n1. The second-order valence-electron chi connectivity index (χ2n) is 6.94. The van der Waals surface area contributed by atoms with Gasteiger partial charge in [0.05, 0.1) is 17.7 Å². The molecule has 1 heterocycles. The third-order valence-corrected chi connectivity index (χ3v) is 5.12. The molecule has 10 heteroatoms. The Morgan fingerprint density at radius 1 is 1.16 bits per heavy atom. The molecule has 0 atom stereocenters. The zero-order valence-electron chi connectivity index (χ0n) is 17.4. The summed E-state index contributed by atoms with van der Waals surface area (Å²) in [6.45, 7) is 3.73. The second kappa shape index (κ2) is 10.4. The van der Waals surface area contributed by atoms with Gasteiger partial charge >= 0.3 is 6.18 Å². The number of hydrogen-bond donors (Lipinski definition) is 1. The highest BCUT2D eigenvalue weighted by molar-refractivity contribution is 7.09. The highest BCUT2D eigenvalue weighted by atomic mass is 32.1. The van der Waals surface area contributed by atoms with E-state index in [4.69, 9.17) is 4.84 Å². The van der Waals surface area contributed by atoms with Crippen molar-refractivity contribution >= 4 is 28.3 Å². The quantitative estimate of drug-likeness (QED) is 0.367. The van der Waals surface area contributed by atoms with Crippen LogP contribution in [0.1, 0.15) is 41.9 Å². The molecule has 3 aromatic rings. The minimum absolute atomic E-state index is 0.0408. The van der Waals surface area contributed by atoms with Crippen LogP contribution < -0.4 is 5.32 Å². The molecule has 1 amide bonds. The Morgan fingerprint density at radius 3 is 2.56 bits per heavy atom. The number of nitrogens with one attached hydrogen (secondary N) is 1. The van der Waals surface area contributed by atoms with E-state index in [-0.39, 0.29) is 18.9 Å². The largest absolute Gasteiger partial charge is 0.416 e. The second-order valence-corrected chi connectivity index (χ2v) is 7.69. The van der Waals surface area contributed by atoms with Gasteiger partial charge in [0.2, 0.25) is 11.0 Å². The number of alkyl halides is 3. The van der Waals surface area contributed by atoms with Crippen LogP contribution in [0, 0.1) is 0 Å². The standard InChI is InChI=1S/C22H21F3N4O2S/c1-3-19-26-21(32-29-19)27-20(30)12-16-5-4-6-17(11-16)14(2)28-31-13-15-7-9-18(10-8-15)22(23,24)25/h4-11H,3,12-13H2,1-2H3,(H,26,27,29,30). The molecule has 3 rings (SSSR count). The normalized spacial score (nSPS) is 12.0. The van der Waals surface area contributed by atoms with E-state index in [0.717, 1.165) is 34.8 Å². The molecule has 32 heavy (non-hydrogen) atoms. The van der Waals surface area contributed by atoms with E-state index in [1.807, 2.05) is 31.2 Å². The Morgan fingerprint density at radius 2 is 1.91 bits per heavy atom. The van der Waals surface area contributed by atoms with Crippen LogP contribution in [-0.2, 0) is 35.3 Å². The highest BCUT2D eigenvalue weighted by Crippen LogP contribution is 2.29. The minimum Gasteiger partial charge on any atom is -0.391 e. The molecule has 0 saturated heterocycles. The number of halogens is 3. The molecular formula is C22H21F3N4O2S. The summed E-state index contributed by atoms with van der Waals surface area (Å²) in [5.41, 5.74) is 2.00. The molecule has 0 unspecified atom stereocenters. The lowest BCUT2D eigenvalue weighted by Gasteiger charge is -2.08. The van der Waals surface area contributed by atoms with Crippen LogP contribution in [0.15, 0.2) is 53.7 Å². The first kappa shape index (κ1) is 23.4. The van der Waals surface area contributed by atoms with Crippen LogP contribution in [0.2, 0.25) is 0 Å². The van der Waals surface area contributed by atoms with Crippen molar-refractivity contribution in [1.82, 2.24) is 9.36 Å². The van der Waals surface area contributed by atoms with Crippen LogP contribution in [0.5, 0.6) is 0 Å². The fourth-order valence-corrected chi connectivity index (χ4v) is 3.42. The maximum atomic E-state index is 12.6. The van der Waals surface area contributed by atoms with Gasteiger partial charge in [-0.15, -0.1) is 0 Å². The molecular weight excluding hydrogens is 441 g/mol. The summed E-state index contributed by atoms with van der Waals surface area (Å²) in [6, 6.07) is 12.0. The van der Waals surface area contributed by atoms with Crippen molar-refractivity contribution in [2.45, 2.75) is 39.5 Å². The van der Waals surface area contributed by atoms with Crippen molar-refractivity contribution in [1.29, 1.82) is 0 Å². The molecule has 0 spiro atoms. The molecule has 0 radical (unpaired) electrons. The first-order valence-electron chi connectivity index (χ1n) is 9.79. The topological polar surface area (TPSA) is 76.5 Å². The summed E-state index contributed by atoms with van der Waals surface area (Å²) < 4.78 is 42.0. The van der Waals surface area contributed by atoms with Crippen LogP contribution >= 0.6 is 11.5 Å². The van der Waals surface area contributed by atoms with Crippen LogP contribution in [0.4, 0.5) is 18.3 Å². The minimum atomic E-state index is -4.37. The van der Waals surface area contributed by atoms with E-state index in [1.54, 1.807) is 6.92 Å². The van der Waals surface area contributed by atoms with Crippen molar-refractivity contribution in [3.63, 3.8) is 0 Å². The summed E-state index contributed by atoms with van der Waals surface area (Å²) in [5, 5.41) is 7.25. The fraction of sp³-hybridized carbons (Fsp3) is 0.273. The van der Waals surface area contributed by atoms with E-state index < -0.39 is 11.7 Å². The first-order chi connectivity index (χ1) is 15.2. The number of rotatable bonds is 8. The fourth-order valence-electron chi connectivity index (χ4n) is 2.75. The number of amides is 1. The molecule has 0 aliphatic carbocycles. The van der Waals surface area contributed by atoms with Gasteiger partial charge in [-0.05, 0) is 41.8 Å². The molecule has 1 N–H and O–H groups in total. The molecule has 0 saturated carbocycles. The number of oxime groups is 1. The summed E-state index contributed by atoms with van der Waals surface area (Å²) >= 11 is 1.15. The van der Waals surface area contributed by atoms with Gasteiger partial charge in [0.25, 0.3) is 0 Å². The Balaban J connectivity index is 1.56. The lowest BCUT2D eigenvalue weighted by atomic mass is 10.1. The molecule has 0 aliphatic rings. The summed E-state index contributed by atoms with van der Waals surface area (Å²) in [4.78, 5) is 21.8. The van der Waals surface area contributed by atoms with Crippen molar-refractivity contribution < 1.29 is 22.8 Å². The van der Waals surface area contributed by atoms with Gasteiger partial charge in [-0.3, -0.25) is 4.79 Å². The number of carbonyl (C=O) groups is 1. The maximum Gasteiger partial charge on any atom is 0.416 e. The number of nitrogens with zero attached hydrogens (tertiary/aromatic N) is 3. The van der Waals surface area contributed by atoms with Gasteiger partial charge in [-0.2, -0.15) is 17.5 Å². The van der Waals surface area contributed by atoms with E-state index >= 15 is 0 Å². The third kappa shape index (κ3) is 6.61. The van der Waals surface area contributed by atoms with Crippen molar-refractivity contribution in [2.75, 3.05) is 5.32 Å². The predicted octanol–water partition coefficient (Wildman–Crippen LogP) is 5.24. The Labute approximate surface area is 187 Å². The van der Waals surface area contributed by atoms with E-state index in [2.05, 4.69) is 19.8 Å². The zero-order valence-corrected chi connectivity index (χ0v) is 18.3. The Bertz CT molecular complexity index is 1100. The van der Waals surface area contributed by atoms with E-state index in [0.29, 0.717) is 28.7 Å². The lowest BCUT2D eigenvalue weighted by molar-refractivity contribution is -0.137. The number of carbonyl (C=O) groups excluding carboxylic acids is 1. The molecule has 0 aliphatic heterocycles. The summed E-state index contributed by atoms with van der Waals surface area (Å²) in [7, 11) is 0. The summed E-state index contributed by atoms with van der Waals surface area (Å²) in [5.74, 6) is 0.490. The lowest BCUT2D eigenvalue weighted by Crippen LogP contribution is -2.14. The average molecular weight is 462 g/mol. The van der Waals surface area contributed by atoms with E-state index in [9.17, 15) is 18.0 Å². The molecule has 1 aromatic heterocycles. The van der Waals surface area contributed by atoms with Crippen molar-refractivity contribution in [3.8, 4) is 0 Å². The Kier molecular flexibility index (Phi) is 7.57. The molecule has 2 aromatic carbocycles. The first-order valence-corrected chi connectivity index (χ1v) is 10.6. The number of anilines is 1. The maximum absolute atomic E-state index is 12.6. The number of aryl methyl sites for hydroxylation is 1. The van der Waals surface area contributed by atoms with Gasteiger partial charge in [0.1, 0.15) is 12.4 Å². The number of aromatic nitrogens is 2. The van der Waals surface area contributed by atoms with Gasteiger partial charge < -0.3 is 10.2 Å². The Hall–Kier alpha value is -3.27. The number of benzene rings is 2. The van der Waals surface area contributed by atoms with Gasteiger partial charge in [-0.25, -0.2) is 4.98 Å². The monoisotopic (exact) mass is 462 g/mol. The highest BCUT2D eigenvalue weighted by Gasteiger charge is 2.29.